The molecule has 6 nitrogen and oxygen atoms in total. The molecule has 1 aliphatic rings. The molecule has 144 valence electrons. The zero-order valence-corrected chi connectivity index (χ0v) is 15.6. The highest BCUT2D eigenvalue weighted by molar-refractivity contribution is 5.92. The van der Waals surface area contributed by atoms with E-state index in [9.17, 15) is 4.79 Å². The van der Waals surface area contributed by atoms with Crippen molar-refractivity contribution in [2.24, 2.45) is 0 Å². The maximum absolute atomic E-state index is 12.6. The molecule has 0 aliphatic carbocycles. The van der Waals surface area contributed by atoms with Gasteiger partial charge in [0, 0.05) is 31.4 Å². The van der Waals surface area contributed by atoms with Crippen LogP contribution in [0.2, 0.25) is 0 Å². The van der Waals surface area contributed by atoms with Gasteiger partial charge in [-0.05, 0) is 48.7 Å². The summed E-state index contributed by atoms with van der Waals surface area (Å²) < 4.78 is 11.1. The van der Waals surface area contributed by atoms with E-state index in [2.05, 4.69) is 15.2 Å². The summed E-state index contributed by atoms with van der Waals surface area (Å²) in [4.78, 5) is 19.3. The van der Waals surface area contributed by atoms with E-state index in [0.29, 0.717) is 12.1 Å². The van der Waals surface area contributed by atoms with Crippen LogP contribution in [0.4, 0.5) is 5.82 Å². The van der Waals surface area contributed by atoms with E-state index < -0.39 is 0 Å². The number of anilines is 1. The summed E-state index contributed by atoms with van der Waals surface area (Å²) in [6.07, 6.45) is 5.71. The van der Waals surface area contributed by atoms with Crippen LogP contribution < -0.4 is 15.0 Å². The van der Waals surface area contributed by atoms with Crippen LogP contribution >= 0.6 is 0 Å². The molecule has 6 heteroatoms. The number of carbonyl (C=O) groups excluding carboxylic acids is 1. The number of furan rings is 1. The van der Waals surface area contributed by atoms with Crippen molar-refractivity contribution < 1.29 is 13.9 Å². The van der Waals surface area contributed by atoms with Crippen LogP contribution in [0.5, 0.6) is 5.75 Å². The summed E-state index contributed by atoms with van der Waals surface area (Å²) in [7, 11) is 0. The fourth-order valence-electron chi connectivity index (χ4n) is 3.28. The van der Waals surface area contributed by atoms with Crippen molar-refractivity contribution in [3.05, 3.63) is 77.9 Å². The molecular weight excluding hydrogens is 354 g/mol. The van der Waals surface area contributed by atoms with Crippen molar-refractivity contribution in [1.29, 1.82) is 0 Å². The highest BCUT2D eigenvalue weighted by Gasteiger charge is 2.17. The number of para-hydroxylation sites is 1. The van der Waals surface area contributed by atoms with Crippen LogP contribution in [0.25, 0.3) is 0 Å². The fourth-order valence-corrected chi connectivity index (χ4v) is 3.28. The van der Waals surface area contributed by atoms with E-state index in [1.54, 1.807) is 12.3 Å². The lowest BCUT2D eigenvalue weighted by Gasteiger charge is -2.17. The lowest BCUT2D eigenvalue weighted by atomic mass is 10.2. The second-order valence-electron chi connectivity index (χ2n) is 6.78. The number of aromatic nitrogens is 1. The van der Waals surface area contributed by atoms with E-state index in [4.69, 9.17) is 9.15 Å². The van der Waals surface area contributed by atoms with Crippen molar-refractivity contribution in [2.75, 3.05) is 18.0 Å². The second kappa shape index (κ2) is 8.61. The minimum atomic E-state index is -0.254. The van der Waals surface area contributed by atoms with Crippen LogP contribution in [-0.4, -0.2) is 24.0 Å². The highest BCUT2D eigenvalue weighted by atomic mass is 16.5. The van der Waals surface area contributed by atoms with Gasteiger partial charge in [-0.15, -0.1) is 0 Å². The average Bonchev–Trinajstić information content (AvgIpc) is 3.43. The zero-order valence-electron chi connectivity index (χ0n) is 15.6. The molecule has 0 atom stereocenters. The summed E-state index contributed by atoms with van der Waals surface area (Å²) in [6, 6.07) is 15.2. The van der Waals surface area contributed by atoms with E-state index in [1.807, 2.05) is 42.5 Å². The number of hydrogen-bond donors (Lipinski definition) is 1. The predicted octanol–water partition coefficient (Wildman–Crippen LogP) is 3.78. The minimum absolute atomic E-state index is 0.254. The number of pyridine rings is 1. The first-order chi connectivity index (χ1) is 13.8. The molecule has 0 unspecified atom stereocenters. The largest absolute Gasteiger partial charge is 0.489 e. The number of amides is 1. The number of carbonyl (C=O) groups is 1. The molecular formula is C22H23N3O3. The van der Waals surface area contributed by atoms with Crippen LogP contribution in [0.15, 0.2) is 65.4 Å². The first kappa shape index (κ1) is 18.1. The molecule has 1 saturated heterocycles. The maximum atomic E-state index is 12.6. The summed E-state index contributed by atoms with van der Waals surface area (Å²) in [5.41, 5.74) is 1.73. The van der Waals surface area contributed by atoms with E-state index in [1.165, 1.54) is 19.1 Å². The van der Waals surface area contributed by atoms with Gasteiger partial charge in [-0.1, -0.05) is 18.2 Å². The third-order valence-corrected chi connectivity index (χ3v) is 4.78. The predicted molar refractivity (Wildman–Crippen MR) is 106 cm³/mol. The Morgan fingerprint density at radius 3 is 2.79 bits per heavy atom. The Hall–Kier alpha value is -3.28. The fraction of sp³-hybridized carbons (Fsp3) is 0.273. The molecule has 0 spiro atoms. The van der Waals surface area contributed by atoms with Crippen LogP contribution in [-0.2, 0) is 13.2 Å². The number of ether oxygens (including phenoxy) is 1. The van der Waals surface area contributed by atoms with Gasteiger partial charge in [-0.25, -0.2) is 4.98 Å². The van der Waals surface area contributed by atoms with Crippen molar-refractivity contribution in [3.63, 3.8) is 0 Å². The molecule has 1 N–H and O–H groups in total. The Bertz CT molecular complexity index is 918. The topological polar surface area (TPSA) is 67.6 Å². The first-order valence-corrected chi connectivity index (χ1v) is 9.52. The number of nitrogens with zero attached hydrogens (tertiary/aromatic N) is 2. The summed E-state index contributed by atoms with van der Waals surface area (Å²) >= 11 is 0. The van der Waals surface area contributed by atoms with Gasteiger partial charge in [0.05, 0.1) is 6.26 Å². The quantitative estimate of drug-likeness (QED) is 0.679. The molecule has 3 heterocycles. The number of benzene rings is 1. The van der Waals surface area contributed by atoms with Gasteiger partial charge in [0.25, 0.3) is 5.91 Å². The normalized spacial score (nSPS) is 13.5. The number of nitrogens with one attached hydrogen (secondary N) is 1. The lowest BCUT2D eigenvalue weighted by Crippen LogP contribution is -2.24. The molecule has 0 bridgehead atoms. The monoisotopic (exact) mass is 377 g/mol. The Labute approximate surface area is 164 Å². The molecule has 0 radical (unpaired) electrons. The highest BCUT2D eigenvalue weighted by Crippen LogP contribution is 2.19. The summed E-state index contributed by atoms with van der Waals surface area (Å²) in [5, 5.41) is 2.92. The van der Waals surface area contributed by atoms with E-state index in [-0.39, 0.29) is 18.3 Å². The van der Waals surface area contributed by atoms with Gasteiger partial charge in [0.15, 0.2) is 5.76 Å². The summed E-state index contributed by atoms with van der Waals surface area (Å²) in [5.74, 6) is 1.75. The Kier molecular flexibility index (Phi) is 5.56. The molecule has 28 heavy (non-hydrogen) atoms. The molecule has 3 aromatic rings. The van der Waals surface area contributed by atoms with Crippen LogP contribution in [0, 0.1) is 0 Å². The van der Waals surface area contributed by atoms with Crippen molar-refractivity contribution in [1.82, 2.24) is 10.3 Å². The zero-order chi connectivity index (χ0) is 19.2. The Balaban J connectivity index is 1.35. The Morgan fingerprint density at radius 1 is 1.14 bits per heavy atom. The van der Waals surface area contributed by atoms with E-state index in [0.717, 1.165) is 30.2 Å². The van der Waals surface area contributed by atoms with Gasteiger partial charge >= 0.3 is 0 Å². The van der Waals surface area contributed by atoms with Crippen molar-refractivity contribution in [3.8, 4) is 5.75 Å². The van der Waals surface area contributed by atoms with E-state index >= 15 is 0 Å². The molecule has 0 saturated carbocycles. The van der Waals surface area contributed by atoms with Gasteiger partial charge < -0.3 is 19.4 Å². The van der Waals surface area contributed by atoms with Crippen molar-refractivity contribution in [2.45, 2.75) is 26.0 Å². The Morgan fingerprint density at radius 2 is 1.96 bits per heavy atom. The second-order valence-corrected chi connectivity index (χ2v) is 6.78. The molecule has 1 aliphatic heterocycles. The third-order valence-electron chi connectivity index (χ3n) is 4.78. The molecule has 1 amide bonds. The molecule has 1 fully saturated rings. The van der Waals surface area contributed by atoms with Crippen molar-refractivity contribution >= 4 is 11.7 Å². The first-order valence-electron chi connectivity index (χ1n) is 9.52. The lowest BCUT2D eigenvalue weighted by molar-refractivity contribution is 0.0919. The van der Waals surface area contributed by atoms with Gasteiger partial charge in [-0.3, -0.25) is 4.79 Å². The number of rotatable bonds is 7. The molecule has 2 aromatic heterocycles. The van der Waals surface area contributed by atoms with Gasteiger partial charge in [0.1, 0.15) is 18.2 Å². The number of hydrogen-bond acceptors (Lipinski definition) is 5. The maximum Gasteiger partial charge on any atom is 0.287 e. The average molecular weight is 377 g/mol. The third kappa shape index (κ3) is 4.34. The molecule has 4 rings (SSSR count). The van der Waals surface area contributed by atoms with Crippen LogP contribution in [0.3, 0.4) is 0 Å². The van der Waals surface area contributed by atoms with Gasteiger partial charge in [0.2, 0.25) is 0 Å². The SMILES string of the molecule is O=C(NCc1ccnc(N2CCCC2)c1)c1occc1COc1ccccc1. The standard InChI is InChI=1S/C22H23N3O3/c26-22(21-18(9-13-27-21)16-28-19-6-2-1-3-7-19)24-15-17-8-10-23-20(14-17)25-11-4-5-12-25/h1-3,6-10,13-14H,4-5,11-12,15-16H2,(H,24,26). The van der Waals surface area contributed by atoms with Gasteiger partial charge in [-0.2, -0.15) is 0 Å². The summed E-state index contributed by atoms with van der Waals surface area (Å²) in [6.45, 7) is 2.78. The molecule has 1 aromatic carbocycles. The smallest absolute Gasteiger partial charge is 0.287 e. The van der Waals surface area contributed by atoms with Crippen LogP contribution in [0.1, 0.15) is 34.5 Å². The minimum Gasteiger partial charge on any atom is -0.489 e.